The molecule has 0 spiro atoms. The minimum Gasteiger partial charge on any atom is -0.369 e. The average Bonchev–Trinajstić information content (AvgIpc) is 3.84. The summed E-state index contributed by atoms with van der Waals surface area (Å²) >= 11 is 1.69. The van der Waals surface area contributed by atoms with E-state index in [0.717, 1.165) is 63.8 Å². The molecule has 3 saturated carbocycles. The summed E-state index contributed by atoms with van der Waals surface area (Å²) in [6.45, 7) is 6.85. The molecule has 3 heterocycles. The van der Waals surface area contributed by atoms with Gasteiger partial charge in [-0.15, -0.1) is 17.9 Å². The van der Waals surface area contributed by atoms with Crippen molar-refractivity contribution in [2.24, 2.45) is 11.8 Å². The lowest BCUT2D eigenvalue weighted by Gasteiger charge is -2.19. The molecule has 39 heavy (non-hydrogen) atoms. The quantitative estimate of drug-likeness (QED) is 0.286. The molecule has 3 N–H and O–H groups in total. The van der Waals surface area contributed by atoms with Crippen LogP contribution in [0, 0.1) is 18.8 Å². The number of carbonyl (C=O) groups is 1. The fraction of sp³-hybridized carbons (Fsp3) is 0.552. The zero-order chi connectivity index (χ0) is 27.1. The molecule has 206 valence electrons. The summed E-state index contributed by atoms with van der Waals surface area (Å²) in [5.41, 5.74) is 4.00. The van der Waals surface area contributed by atoms with Crippen molar-refractivity contribution in [1.29, 1.82) is 0 Å². The van der Waals surface area contributed by atoms with Gasteiger partial charge in [0.2, 0.25) is 5.95 Å². The first-order valence-electron chi connectivity index (χ1n) is 14.1. The zero-order valence-corrected chi connectivity index (χ0v) is 23.9. The number of nitrogens with zero attached hydrogens (tertiary/aromatic N) is 5. The lowest BCUT2D eigenvalue weighted by atomic mass is 10.1. The van der Waals surface area contributed by atoms with Crippen LogP contribution in [0.3, 0.4) is 0 Å². The zero-order valence-electron chi connectivity index (χ0n) is 23.0. The molecule has 3 aliphatic carbocycles. The fourth-order valence-electron chi connectivity index (χ4n) is 5.57. The molecule has 3 aromatic rings. The maximum absolute atomic E-state index is 12.1. The van der Waals surface area contributed by atoms with Crippen LogP contribution < -0.4 is 16.0 Å². The average molecular weight is 547 g/mol. The molecule has 3 atom stereocenters. The van der Waals surface area contributed by atoms with Crippen molar-refractivity contribution in [2.75, 3.05) is 31.3 Å². The van der Waals surface area contributed by atoms with Crippen LogP contribution in [0.25, 0.3) is 20.8 Å². The first-order chi connectivity index (χ1) is 18.9. The molecule has 0 bridgehead atoms. The number of rotatable bonds is 10. The Morgan fingerprint density at radius 1 is 1.18 bits per heavy atom. The molecule has 0 radical (unpaired) electrons. The number of anilines is 2. The Kier molecular flexibility index (Phi) is 7.14. The van der Waals surface area contributed by atoms with E-state index in [0.29, 0.717) is 23.7 Å². The smallest absolute Gasteiger partial charge is 0.317 e. The Bertz CT molecular complexity index is 1380. The number of amides is 2. The third kappa shape index (κ3) is 5.71. The Balaban J connectivity index is 1.27. The van der Waals surface area contributed by atoms with Crippen molar-refractivity contribution >= 4 is 39.4 Å². The van der Waals surface area contributed by atoms with Crippen LogP contribution in [0.15, 0.2) is 24.9 Å². The van der Waals surface area contributed by atoms with E-state index < -0.39 is 0 Å². The summed E-state index contributed by atoms with van der Waals surface area (Å²) in [5, 5.41) is 11.3. The number of hydrogen-bond acceptors (Lipinski definition) is 8. The number of aryl methyl sites for hydroxylation is 1. The fourth-order valence-corrected chi connectivity index (χ4v) is 6.64. The summed E-state index contributed by atoms with van der Waals surface area (Å²) in [6.07, 6.45) is 11.7. The highest BCUT2D eigenvalue weighted by Crippen LogP contribution is 2.44. The second-order valence-corrected chi connectivity index (χ2v) is 12.6. The molecule has 3 aliphatic rings. The van der Waals surface area contributed by atoms with Gasteiger partial charge in [0.1, 0.15) is 16.3 Å². The lowest BCUT2D eigenvalue weighted by Crippen LogP contribution is -2.40. The molecule has 10 heteroatoms. The van der Waals surface area contributed by atoms with E-state index in [9.17, 15) is 4.79 Å². The van der Waals surface area contributed by atoms with Crippen LogP contribution in [-0.4, -0.2) is 63.6 Å². The van der Waals surface area contributed by atoms with Crippen LogP contribution in [-0.2, 0) is 0 Å². The second-order valence-electron chi connectivity index (χ2n) is 11.5. The Morgan fingerprint density at radius 3 is 2.72 bits per heavy atom. The first kappa shape index (κ1) is 26.0. The van der Waals surface area contributed by atoms with E-state index in [4.69, 9.17) is 15.0 Å². The summed E-state index contributed by atoms with van der Waals surface area (Å²) in [4.78, 5) is 33.4. The highest BCUT2D eigenvalue weighted by atomic mass is 32.1. The van der Waals surface area contributed by atoms with E-state index in [1.807, 2.05) is 19.2 Å². The Labute approximate surface area is 233 Å². The van der Waals surface area contributed by atoms with Crippen molar-refractivity contribution in [2.45, 2.75) is 69.9 Å². The summed E-state index contributed by atoms with van der Waals surface area (Å²) < 4.78 is 1.16. The van der Waals surface area contributed by atoms with Gasteiger partial charge in [-0.2, -0.15) is 4.98 Å². The SMILES string of the molecule is C=C[C@@H](Nc1nc(C)c(-c2nc3c(C4CC4)nccc3s2)c(NC[C@H]2CC[C@@H](NC(=O)N(C)C)C2)n1)C1CC1. The van der Waals surface area contributed by atoms with Crippen molar-refractivity contribution in [3.63, 3.8) is 0 Å². The summed E-state index contributed by atoms with van der Waals surface area (Å²) in [7, 11) is 3.56. The largest absolute Gasteiger partial charge is 0.369 e. The number of pyridine rings is 1. The maximum Gasteiger partial charge on any atom is 0.317 e. The van der Waals surface area contributed by atoms with Gasteiger partial charge in [-0.1, -0.05) is 6.08 Å². The normalized spacial score (nSPS) is 21.5. The molecule has 2 amide bonds. The van der Waals surface area contributed by atoms with Crippen LogP contribution >= 0.6 is 11.3 Å². The van der Waals surface area contributed by atoms with Crippen molar-refractivity contribution in [3.05, 3.63) is 36.3 Å². The van der Waals surface area contributed by atoms with Gasteiger partial charge in [0.05, 0.1) is 21.7 Å². The third-order valence-corrected chi connectivity index (χ3v) is 9.15. The van der Waals surface area contributed by atoms with E-state index in [1.54, 1.807) is 30.3 Å². The predicted octanol–water partition coefficient (Wildman–Crippen LogP) is 5.56. The van der Waals surface area contributed by atoms with Crippen LogP contribution in [0.5, 0.6) is 0 Å². The first-order valence-corrected chi connectivity index (χ1v) is 15.0. The molecule has 0 aliphatic heterocycles. The molecule has 0 saturated heterocycles. The van der Waals surface area contributed by atoms with Crippen LogP contribution in [0.2, 0.25) is 0 Å². The molecule has 0 unspecified atom stereocenters. The maximum atomic E-state index is 12.1. The van der Waals surface area contributed by atoms with Gasteiger partial charge in [0, 0.05) is 44.8 Å². The van der Waals surface area contributed by atoms with Gasteiger partial charge in [-0.3, -0.25) is 4.98 Å². The van der Waals surface area contributed by atoms with E-state index in [-0.39, 0.29) is 18.1 Å². The minimum atomic E-state index is -0.0265. The van der Waals surface area contributed by atoms with Gasteiger partial charge in [0.25, 0.3) is 0 Å². The Morgan fingerprint density at radius 2 is 2.00 bits per heavy atom. The van der Waals surface area contributed by atoms with E-state index >= 15 is 0 Å². The number of carbonyl (C=O) groups excluding carboxylic acids is 1. The predicted molar refractivity (Wildman–Crippen MR) is 157 cm³/mol. The van der Waals surface area contributed by atoms with Gasteiger partial charge in [-0.05, 0) is 69.8 Å². The minimum absolute atomic E-state index is 0.0265. The van der Waals surface area contributed by atoms with Gasteiger partial charge in [-0.25, -0.2) is 14.8 Å². The van der Waals surface area contributed by atoms with E-state index in [1.165, 1.54) is 25.7 Å². The topological polar surface area (TPSA) is 108 Å². The second kappa shape index (κ2) is 10.7. The molecule has 9 nitrogen and oxygen atoms in total. The van der Waals surface area contributed by atoms with Crippen molar-refractivity contribution in [3.8, 4) is 10.6 Å². The summed E-state index contributed by atoms with van der Waals surface area (Å²) in [6, 6.07) is 2.42. The number of nitrogens with one attached hydrogen (secondary N) is 3. The Hall–Kier alpha value is -3.27. The summed E-state index contributed by atoms with van der Waals surface area (Å²) in [5.74, 6) is 3.02. The number of urea groups is 1. The molecule has 3 aromatic heterocycles. The number of aromatic nitrogens is 4. The monoisotopic (exact) mass is 546 g/mol. The standard InChI is InChI=1S/C29H38N8OS/c1-5-21(18-7-8-18)34-28-32-16(2)23(27-35-25-22(39-27)12-13-30-24(25)19-9-10-19)26(36-28)31-15-17-6-11-20(14-17)33-29(38)37(3)4/h5,12-13,17-21H,1,6-11,14-15H2,2-4H3,(H,33,38)(H2,31,32,34,36)/t17-,20+,21+/m0/s1. The molecular weight excluding hydrogens is 508 g/mol. The third-order valence-electron chi connectivity index (χ3n) is 8.12. The van der Waals surface area contributed by atoms with Crippen LogP contribution in [0.1, 0.15) is 62.3 Å². The van der Waals surface area contributed by atoms with Gasteiger partial charge in [0.15, 0.2) is 0 Å². The van der Waals surface area contributed by atoms with E-state index in [2.05, 4.69) is 33.6 Å². The molecular formula is C29H38N8OS. The highest BCUT2D eigenvalue weighted by Gasteiger charge is 2.32. The highest BCUT2D eigenvalue weighted by molar-refractivity contribution is 7.21. The van der Waals surface area contributed by atoms with Crippen molar-refractivity contribution in [1.82, 2.24) is 30.2 Å². The van der Waals surface area contributed by atoms with Gasteiger partial charge < -0.3 is 20.9 Å². The number of fused-ring (bicyclic) bond motifs is 1. The number of hydrogen-bond donors (Lipinski definition) is 3. The number of thiazole rings is 1. The van der Waals surface area contributed by atoms with Crippen molar-refractivity contribution < 1.29 is 4.79 Å². The lowest BCUT2D eigenvalue weighted by molar-refractivity contribution is 0.213. The molecule has 3 fully saturated rings. The molecule has 6 rings (SSSR count). The van der Waals surface area contributed by atoms with Crippen LogP contribution in [0.4, 0.5) is 16.6 Å². The molecule has 0 aromatic carbocycles. The van der Waals surface area contributed by atoms with Gasteiger partial charge >= 0.3 is 6.03 Å².